The SMILES string of the molecule is CCc1cc2c(C)c(N)ccc2c(O)c1C. The van der Waals surface area contributed by atoms with Crippen LogP contribution < -0.4 is 5.73 Å². The van der Waals surface area contributed by atoms with Crippen LogP contribution in [0.1, 0.15) is 23.6 Å². The number of hydrogen-bond donors (Lipinski definition) is 2. The smallest absolute Gasteiger partial charge is 0.126 e. The molecular weight excluding hydrogens is 198 g/mol. The Morgan fingerprint density at radius 1 is 1.12 bits per heavy atom. The Balaban J connectivity index is 2.93. The zero-order chi connectivity index (χ0) is 11.9. The first-order valence-electron chi connectivity index (χ1n) is 5.56. The van der Waals surface area contributed by atoms with Crippen molar-refractivity contribution < 1.29 is 5.11 Å². The molecule has 0 fully saturated rings. The lowest BCUT2D eigenvalue weighted by atomic mass is 9.95. The molecule has 0 aliphatic carbocycles. The van der Waals surface area contributed by atoms with Crippen LogP contribution in [0.5, 0.6) is 5.75 Å². The van der Waals surface area contributed by atoms with E-state index >= 15 is 0 Å². The van der Waals surface area contributed by atoms with Crippen molar-refractivity contribution in [3.05, 3.63) is 34.9 Å². The molecule has 0 heterocycles. The van der Waals surface area contributed by atoms with Gasteiger partial charge in [0.05, 0.1) is 0 Å². The van der Waals surface area contributed by atoms with E-state index in [1.165, 1.54) is 5.56 Å². The Morgan fingerprint density at radius 3 is 2.44 bits per heavy atom. The molecule has 0 saturated carbocycles. The molecule has 0 bridgehead atoms. The van der Waals surface area contributed by atoms with Gasteiger partial charge in [0, 0.05) is 11.1 Å². The fourth-order valence-corrected chi connectivity index (χ4v) is 2.14. The molecule has 0 aliphatic heterocycles. The second kappa shape index (κ2) is 3.71. The van der Waals surface area contributed by atoms with Crippen molar-refractivity contribution >= 4 is 16.5 Å². The van der Waals surface area contributed by atoms with Crippen molar-refractivity contribution in [1.82, 2.24) is 0 Å². The summed E-state index contributed by atoms with van der Waals surface area (Å²) in [5.41, 5.74) is 9.85. The molecule has 2 nitrogen and oxygen atoms in total. The Kier molecular flexibility index (Phi) is 2.50. The number of aryl methyl sites for hydroxylation is 2. The molecule has 0 aliphatic rings. The Bertz CT molecular complexity index is 558. The molecule has 0 spiro atoms. The summed E-state index contributed by atoms with van der Waals surface area (Å²) in [7, 11) is 0. The molecule has 2 heteroatoms. The van der Waals surface area contributed by atoms with Crippen molar-refractivity contribution in [2.75, 3.05) is 5.73 Å². The van der Waals surface area contributed by atoms with Gasteiger partial charge >= 0.3 is 0 Å². The Labute approximate surface area is 95.7 Å². The number of fused-ring (bicyclic) bond motifs is 1. The second-order valence-corrected chi connectivity index (χ2v) is 4.24. The minimum atomic E-state index is 0.387. The van der Waals surface area contributed by atoms with Gasteiger partial charge in [-0.15, -0.1) is 0 Å². The highest BCUT2D eigenvalue weighted by atomic mass is 16.3. The number of anilines is 1. The quantitative estimate of drug-likeness (QED) is 0.717. The maximum Gasteiger partial charge on any atom is 0.126 e. The van der Waals surface area contributed by atoms with Crippen molar-refractivity contribution in [2.45, 2.75) is 27.2 Å². The van der Waals surface area contributed by atoms with E-state index in [-0.39, 0.29) is 0 Å². The van der Waals surface area contributed by atoms with E-state index in [2.05, 4.69) is 13.0 Å². The standard InChI is InChI=1S/C14H17NO/c1-4-10-7-12-9(3)13(15)6-5-11(12)14(16)8(10)2/h5-7,16H,4,15H2,1-3H3. The first kappa shape index (κ1) is 10.8. The predicted octanol–water partition coefficient (Wildman–Crippen LogP) is 3.31. The molecule has 0 radical (unpaired) electrons. The molecule has 16 heavy (non-hydrogen) atoms. The number of nitrogen functional groups attached to an aromatic ring is 1. The molecule has 0 saturated heterocycles. The molecule has 3 N–H and O–H groups in total. The van der Waals surface area contributed by atoms with Crippen molar-refractivity contribution in [3.63, 3.8) is 0 Å². The number of rotatable bonds is 1. The van der Waals surface area contributed by atoms with E-state index in [0.29, 0.717) is 5.75 Å². The molecule has 0 amide bonds. The molecule has 2 aromatic rings. The Hall–Kier alpha value is -1.70. The van der Waals surface area contributed by atoms with E-state index in [0.717, 1.165) is 34.0 Å². The molecule has 0 unspecified atom stereocenters. The first-order chi connectivity index (χ1) is 7.56. The van der Waals surface area contributed by atoms with Crippen LogP contribution in [0.15, 0.2) is 18.2 Å². The molecule has 84 valence electrons. The fourth-order valence-electron chi connectivity index (χ4n) is 2.14. The monoisotopic (exact) mass is 215 g/mol. The van der Waals surface area contributed by atoms with Crippen LogP contribution in [0, 0.1) is 13.8 Å². The summed E-state index contributed by atoms with van der Waals surface area (Å²) in [6.07, 6.45) is 0.920. The van der Waals surface area contributed by atoms with Gasteiger partial charge in [-0.1, -0.05) is 13.0 Å². The molecule has 2 rings (SSSR count). The summed E-state index contributed by atoms with van der Waals surface area (Å²) in [5, 5.41) is 12.1. The van der Waals surface area contributed by atoms with Crippen LogP contribution >= 0.6 is 0 Å². The number of aromatic hydroxyl groups is 1. The summed E-state index contributed by atoms with van der Waals surface area (Å²) in [6.45, 7) is 6.04. The van der Waals surface area contributed by atoms with Crippen molar-refractivity contribution in [2.24, 2.45) is 0 Å². The minimum Gasteiger partial charge on any atom is -0.507 e. The van der Waals surface area contributed by atoms with E-state index in [1.807, 2.05) is 26.0 Å². The van der Waals surface area contributed by atoms with Gasteiger partial charge in [0.25, 0.3) is 0 Å². The van der Waals surface area contributed by atoms with Crippen molar-refractivity contribution in [1.29, 1.82) is 0 Å². The van der Waals surface area contributed by atoms with Crippen LogP contribution in [0.3, 0.4) is 0 Å². The van der Waals surface area contributed by atoms with Crippen LogP contribution in [-0.2, 0) is 6.42 Å². The van der Waals surface area contributed by atoms with Crippen LogP contribution in [0.2, 0.25) is 0 Å². The highest BCUT2D eigenvalue weighted by molar-refractivity contribution is 5.95. The summed E-state index contributed by atoms with van der Waals surface area (Å²) in [6, 6.07) is 5.87. The third-order valence-electron chi connectivity index (χ3n) is 3.35. The van der Waals surface area contributed by atoms with Crippen LogP contribution in [0.4, 0.5) is 5.69 Å². The normalized spacial score (nSPS) is 10.9. The lowest BCUT2D eigenvalue weighted by molar-refractivity contribution is 0.476. The number of phenols is 1. The van der Waals surface area contributed by atoms with Crippen LogP contribution in [-0.4, -0.2) is 5.11 Å². The molecular formula is C14H17NO. The third kappa shape index (κ3) is 1.42. The maximum absolute atomic E-state index is 10.1. The molecule has 0 atom stereocenters. The number of phenolic OH excluding ortho intramolecular Hbond substituents is 1. The first-order valence-corrected chi connectivity index (χ1v) is 5.56. The lowest BCUT2D eigenvalue weighted by Crippen LogP contribution is -1.94. The van der Waals surface area contributed by atoms with Gasteiger partial charge in [0.15, 0.2) is 0 Å². The van der Waals surface area contributed by atoms with E-state index in [9.17, 15) is 5.11 Å². The average Bonchev–Trinajstić information content (AvgIpc) is 2.28. The van der Waals surface area contributed by atoms with Crippen molar-refractivity contribution in [3.8, 4) is 5.75 Å². The van der Waals surface area contributed by atoms with Gasteiger partial charge in [-0.05, 0) is 54.5 Å². The predicted molar refractivity (Wildman–Crippen MR) is 68.9 cm³/mol. The second-order valence-electron chi connectivity index (χ2n) is 4.24. The van der Waals surface area contributed by atoms with Crippen LogP contribution in [0.25, 0.3) is 10.8 Å². The van der Waals surface area contributed by atoms with Gasteiger partial charge in [0.1, 0.15) is 5.75 Å². The molecule has 2 aromatic carbocycles. The fraction of sp³-hybridized carbons (Fsp3) is 0.286. The zero-order valence-corrected chi connectivity index (χ0v) is 9.96. The number of nitrogens with two attached hydrogens (primary N) is 1. The van der Waals surface area contributed by atoms with Gasteiger partial charge < -0.3 is 10.8 Å². The number of hydrogen-bond acceptors (Lipinski definition) is 2. The summed E-state index contributed by atoms with van der Waals surface area (Å²) < 4.78 is 0. The minimum absolute atomic E-state index is 0.387. The zero-order valence-electron chi connectivity index (χ0n) is 9.96. The Morgan fingerprint density at radius 2 is 1.81 bits per heavy atom. The van der Waals surface area contributed by atoms with Gasteiger partial charge in [-0.3, -0.25) is 0 Å². The highest BCUT2D eigenvalue weighted by Crippen LogP contribution is 2.34. The highest BCUT2D eigenvalue weighted by Gasteiger charge is 2.10. The largest absolute Gasteiger partial charge is 0.507 e. The number of benzene rings is 2. The van der Waals surface area contributed by atoms with E-state index in [1.54, 1.807) is 0 Å². The summed E-state index contributed by atoms with van der Waals surface area (Å²) in [4.78, 5) is 0. The lowest BCUT2D eigenvalue weighted by Gasteiger charge is -2.12. The van der Waals surface area contributed by atoms with Gasteiger partial charge in [-0.2, -0.15) is 0 Å². The van der Waals surface area contributed by atoms with Gasteiger partial charge in [-0.25, -0.2) is 0 Å². The van der Waals surface area contributed by atoms with E-state index in [4.69, 9.17) is 5.73 Å². The summed E-state index contributed by atoms with van der Waals surface area (Å²) in [5.74, 6) is 0.387. The average molecular weight is 215 g/mol. The maximum atomic E-state index is 10.1. The molecule has 0 aromatic heterocycles. The van der Waals surface area contributed by atoms with Gasteiger partial charge in [0.2, 0.25) is 0 Å². The third-order valence-corrected chi connectivity index (χ3v) is 3.35. The topological polar surface area (TPSA) is 46.2 Å². The summed E-state index contributed by atoms with van der Waals surface area (Å²) >= 11 is 0. The van der Waals surface area contributed by atoms with E-state index < -0.39 is 0 Å².